The summed E-state index contributed by atoms with van der Waals surface area (Å²) in [7, 11) is 0. The Balaban J connectivity index is 1.45. The minimum Gasteiger partial charge on any atom is -0.490 e. The molecular formula is C24H22N2O4S. The number of carboxylic acid groups (broad SMARTS) is 1. The summed E-state index contributed by atoms with van der Waals surface area (Å²) in [5, 5.41) is 14.4. The van der Waals surface area contributed by atoms with Gasteiger partial charge >= 0.3 is 5.97 Å². The van der Waals surface area contributed by atoms with E-state index in [1.54, 1.807) is 36.0 Å². The highest BCUT2D eigenvalue weighted by Gasteiger charge is 2.23. The summed E-state index contributed by atoms with van der Waals surface area (Å²) in [6.45, 7) is 2.77. The van der Waals surface area contributed by atoms with Crippen LogP contribution in [0.25, 0.3) is 0 Å². The number of hydrogen-bond donors (Lipinski definition) is 2. The van der Waals surface area contributed by atoms with Crippen molar-refractivity contribution < 1.29 is 19.4 Å². The van der Waals surface area contributed by atoms with Crippen LogP contribution in [0.3, 0.4) is 0 Å². The maximum atomic E-state index is 11.0. The zero-order valence-electron chi connectivity index (χ0n) is 16.9. The van der Waals surface area contributed by atoms with Crippen LogP contribution in [-0.2, 0) is 6.61 Å². The molecule has 0 saturated heterocycles. The molecule has 1 heterocycles. The zero-order chi connectivity index (χ0) is 21.6. The van der Waals surface area contributed by atoms with Gasteiger partial charge in [0.25, 0.3) is 0 Å². The van der Waals surface area contributed by atoms with Crippen molar-refractivity contribution in [2.75, 3.05) is 6.61 Å². The van der Waals surface area contributed by atoms with Crippen LogP contribution in [-0.4, -0.2) is 22.7 Å². The molecule has 0 aliphatic carbocycles. The highest BCUT2D eigenvalue weighted by Crippen LogP contribution is 2.38. The number of rotatable bonds is 8. The summed E-state index contributed by atoms with van der Waals surface area (Å²) in [6.07, 6.45) is 0. The molecule has 1 aliphatic heterocycles. The summed E-state index contributed by atoms with van der Waals surface area (Å²) in [5.41, 5.74) is 6.45. The highest BCUT2D eigenvalue weighted by atomic mass is 32.2. The number of carboxylic acids is 1. The molecule has 0 saturated carbocycles. The van der Waals surface area contributed by atoms with Gasteiger partial charge in [0.2, 0.25) is 0 Å². The number of ether oxygens (including phenoxy) is 2. The molecule has 6 nitrogen and oxygen atoms in total. The van der Waals surface area contributed by atoms with Crippen LogP contribution in [0.2, 0.25) is 0 Å². The van der Waals surface area contributed by atoms with Gasteiger partial charge in [0.1, 0.15) is 17.0 Å². The average Bonchev–Trinajstić information content (AvgIpc) is 3.30. The maximum absolute atomic E-state index is 11.0. The van der Waals surface area contributed by atoms with Crippen molar-refractivity contribution in [2.24, 2.45) is 5.10 Å². The number of nitrogens with one attached hydrogen (secondary N) is 1. The molecule has 4 rings (SSSR count). The first-order valence-electron chi connectivity index (χ1n) is 9.91. The Morgan fingerprint density at radius 2 is 1.81 bits per heavy atom. The molecular weight excluding hydrogens is 412 g/mol. The van der Waals surface area contributed by atoms with Crippen molar-refractivity contribution in [3.05, 3.63) is 95.1 Å². The maximum Gasteiger partial charge on any atom is 0.335 e. The first kappa shape index (κ1) is 20.8. The minimum absolute atomic E-state index is 0.00738. The van der Waals surface area contributed by atoms with Gasteiger partial charge in [-0.3, -0.25) is 5.43 Å². The molecule has 31 heavy (non-hydrogen) atoms. The van der Waals surface area contributed by atoms with E-state index in [1.165, 1.54) is 0 Å². The second-order valence-electron chi connectivity index (χ2n) is 6.84. The average molecular weight is 435 g/mol. The van der Waals surface area contributed by atoms with E-state index in [2.05, 4.69) is 10.5 Å². The smallest absolute Gasteiger partial charge is 0.335 e. The van der Waals surface area contributed by atoms with Crippen molar-refractivity contribution in [3.63, 3.8) is 0 Å². The number of nitrogens with zero attached hydrogens (tertiary/aromatic N) is 1. The van der Waals surface area contributed by atoms with Gasteiger partial charge in [-0.2, -0.15) is 5.10 Å². The molecule has 1 aliphatic rings. The number of hydrogen-bond acceptors (Lipinski definition) is 6. The Morgan fingerprint density at radius 3 is 2.52 bits per heavy atom. The molecule has 3 aromatic rings. The third-order valence-electron chi connectivity index (χ3n) is 4.70. The molecule has 0 unspecified atom stereocenters. The molecule has 0 aromatic heterocycles. The van der Waals surface area contributed by atoms with Crippen LogP contribution >= 0.6 is 11.8 Å². The van der Waals surface area contributed by atoms with E-state index >= 15 is 0 Å². The van der Waals surface area contributed by atoms with Gasteiger partial charge in [0, 0.05) is 5.56 Å². The summed E-state index contributed by atoms with van der Waals surface area (Å²) in [4.78, 5) is 11.0. The summed E-state index contributed by atoms with van der Waals surface area (Å²) in [5.74, 6) is 0.359. The lowest BCUT2D eigenvalue weighted by atomic mass is 10.1. The SMILES string of the molecule is CCOc1cc([C@@H]2NN=C(c3ccccc3)S2)ccc1OCc1ccc(C(=O)O)cc1. The van der Waals surface area contributed by atoms with Crippen molar-refractivity contribution in [2.45, 2.75) is 18.9 Å². The highest BCUT2D eigenvalue weighted by molar-refractivity contribution is 8.14. The lowest BCUT2D eigenvalue weighted by Gasteiger charge is -2.16. The normalized spacial score (nSPS) is 15.1. The van der Waals surface area contributed by atoms with E-state index in [9.17, 15) is 4.79 Å². The third-order valence-corrected chi connectivity index (χ3v) is 5.86. The van der Waals surface area contributed by atoms with Crippen LogP contribution < -0.4 is 14.9 Å². The molecule has 3 aromatic carbocycles. The standard InChI is InChI=1S/C24H22N2O4S/c1-2-29-21-14-19(23-26-25-22(31-23)17-6-4-3-5-7-17)12-13-20(21)30-15-16-8-10-18(11-9-16)24(27)28/h3-14,23,26H,2,15H2,1H3,(H,27,28)/t23-/m1/s1. The predicted molar refractivity (Wildman–Crippen MR) is 122 cm³/mol. The lowest BCUT2D eigenvalue weighted by molar-refractivity contribution is 0.0697. The minimum atomic E-state index is -0.945. The predicted octanol–water partition coefficient (Wildman–Crippen LogP) is 5.06. The molecule has 7 heteroatoms. The monoisotopic (exact) mass is 434 g/mol. The van der Waals surface area contributed by atoms with Gasteiger partial charge in [-0.25, -0.2) is 4.79 Å². The fourth-order valence-electron chi connectivity index (χ4n) is 3.12. The number of benzene rings is 3. The van der Waals surface area contributed by atoms with Gasteiger partial charge in [-0.05, 0) is 42.3 Å². The Morgan fingerprint density at radius 1 is 1.03 bits per heavy atom. The molecule has 158 valence electrons. The topological polar surface area (TPSA) is 80.1 Å². The Bertz CT molecular complexity index is 1080. The van der Waals surface area contributed by atoms with E-state index < -0.39 is 5.97 Å². The largest absolute Gasteiger partial charge is 0.490 e. The van der Waals surface area contributed by atoms with Crippen molar-refractivity contribution in [1.29, 1.82) is 0 Å². The molecule has 0 spiro atoms. The van der Waals surface area contributed by atoms with E-state index in [4.69, 9.17) is 14.6 Å². The fraction of sp³-hybridized carbons (Fsp3) is 0.167. The van der Waals surface area contributed by atoms with Crippen LogP contribution in [0, 0.1) is 0 Å². The number of carbonyl (C=O) groups is 1. The molecule has 2 N–H and O–H groups in total. The molecule has 0 radical (unpaired) electrons. The lowest BCUT2D eigenvalue weighted by Crippen LogP contribution is -2.08. The fourth-order valence-corrected chi connectivity index (χ4v) is 4.11. The van der Waals surface area contributed by atoms with Gasteiger partial charge < -0.3 is 14.6 Å². The molecule has 0 fully saturated rings. The van der Waals surface area contributed by atoms with E-state index in [-0.39, 0.29) is 10.9 Å². The quantitative estimate of drug-likeness (QED) is 0.516. The van der Waals surface area contributed by atoms with Crippen LogP contribution in [0.4, 0.5) is 0 Å². The first-order valence-corrected chi connectivity index (χ1v) is 10.8. The van der Waals surface area contributed by atoms with Crippen LogP contribution in [0.1, 0.15) is 39.3 Å². The number of thioether (sulfide) groups is 1. The Kier molecular flexibility index (Phi) is 6.43. The Hall–Kier alpha value is -3.45. The van der Waals surface area contributed by atoms with Crippen molar-refractivity contribution >= 4 is 22.8 Å². The van der Waals surface area contributed by atoms with E-state index in [0.29, 0.717) is 24.7 Å². The number of hydrazone groups is 1. The van der Waals surface area contributed by atoms with Crippen LogP contribution in [0.15, 0.2) is 77.9 Å². The summed E-state index contributed by atoms with van der Waals surface area (Å²) >= 11 is 1.66. The van der Waals surface area contributed by atoms with E-state index in [1.807, 2.05) is 55.5 Å². The summed E-state index contributed by atoms with van der Waals surface area (Å²) in [6, 6.07) is 22.6. The first-order chi connectivity index (χ1) is 15.1. The molecule has 0 bridgehead atoms. The van der Waals surface area contributed by atoms with Gasteiger partial charge in [-0.15, -0.1) is 0 Å². The van der Waals surface area contributed by atoms with Gasteiger partial charge in [0.05, 0.1) is 12.2 Å². The van der Waals surface area contributed by atoms with Crippen molar-refractivity contribution in [3.8, 4) is 11.5 Å². The number of aromatic carboxylic acids is 1. The van der Waals surface area contributed by atoms with Gasteiger partial charge in [-0.1, -0.05) is 60.3 Å². The summed E-state index contributed by atoms with van der Waals surface area (Å²) < 4.78 is 11.8. The van der Waals surface area contributed by atoms with Crippen molar-refractivity contribution in [1.82, 2.24) is 5.43 Å². The van der Waals surface area contributed by atoms with Gasteiger partial charge in [0.15, 0.2) is 11.5 Å². The molecule has 1 atom stereocenters. The van der Waals surface area contributed by atoms with Crippen LogP contribution in [0.5, 0.6) is 11.5 Å². The third kappa shape index (κ3) is 5.00. The molecule has 0 amide bonds. The zero-order valence-corrected chi connectivity index (χ0v) is 17.8. The Labute approximate surface area is 184 Å². The second-order valence-corrected chi connectivity index (χ2v) is 7.93. The second kappa shape index (κ2) is 9.57. The van der Waals surface area contributed by atoms with E-state index in [0.717, 1.165) is 21.7 Å².